The van der Waals surface area contributed by atoms with Crippen molar-refractivity contribution in [2.45, 2.75) is 18.8 Å². The van der Waals surface area contributed by atoms with Crippen molar-refractivity contribution in [1.82, 2.24) is 0 Å². The Morgan fingerprint density at radius 3 is 2.84 bits per heavy atom. The highest BCUT2D eigenvalue weighted by Gasteiger charge is 2.13. The van der Waals surface area contributed by atoms with Gasteiger partial charge in [0.2, 0.25) is 0 Å². The molecule has 19 heavy (non-hydrogen) atoms. The highest BCUT2D eigenvalue weighted by atomic mass is 32.2. The van der Waals surface area contributed by atoms with Crippen LogP contribution in [0, 0.1) is 10.1 Å². The van der Waals surface area contributed by atoms with Gasteiger partial charge in [0.25, 0.3) is 5.69 Å². The molecule has 0 amide bonds. The Balaban J connectivity index is 2.69. The average Bonchev–Trinajstić information content (AvgIpc) is 2.38. The molecule has 1 rings (SSSR count). The van der Waals surface area contributed by atoms with Crippen LogP contribution in [0.5, 0.6) is 0 Å². The lowest BCUT2D eigenvalue weighted by Crippen LogP contribution is -2.14. The van der Waals surface area contributed by atoms with Gasteiger partial charge >= 0.3 is 0 Å². The summed E-state index contributed by atoms with van der Waals surface area (Å²) < 4.78 is 0. The lowest BCUT2D eigenvalue weighted by Gasteiger charge is -2.09. The molecular formula is C12H18N2O4S. The summed E-state index contributed by atoms with van der Waals surface area (Å²) in [5.41, 5.74) is 1.51. The third-order valence-electron chi connectivity index (χ3n) is 2.41. The molecule has 7 heteroatoms. The lowest BCUT2D eigenvalue weighted by molar-refractivity contribution is -0.384. The number of thioether (sulfide) groups is 1. The summed E-state index contributed by atoms with van der Waals surface area (Å²) in [6, 6.07) is 4.94. The number of hydrogen-bond acceptors (Lipinski definition) is 6. The summed E-state index contributed by atoms with van der Waals surface area (Å²) in [4.78, 5) is 10.4. The standard InChI is InChI=1S/C12H18N2O4S/c1-2-13-11-5-9(3-4-12(11)14(17)18)7-19-8-10(16)6-15/h3-5,10,13,15-16H,2,6-8H2,1H3. The molecule has 0 heterocycles. The van der Waals surface area contributed by atoms with Crippen LogP contribution in [0.15, 0.2) is 18.2 Å². The summed E-state index contributed by atoms with van der Waals surface area (Å²) in [6.45, 7) is 2.24. The number of anilines is 1. The maximum Gasteiger partial charge on any atom is 0.292 e. The Bertz CT molecular complexity index is 428. The van der Waals surface area contributed by atoms with Gasteiger partial charge in [-0.3, -0.25) is 10.1 Å². The molecule has 0 aliphatic carbocycles. The maximum absolute atomic E-state index is 10.8. The molecule has 1 aromatic carbocycles. The first-order chi connectivity index (χ1) is 9.08. The van der Waals surface area contributed by atoms with Crippen molar-refractivity contribution in [2.24, 2.45) is 0 Å². The summed E-state index contributed by atoms with van der Waals surface area (Å²) in [7, 11) is 0. The van der Waals surface area contributed by atoms with E-state index in [4.69, 9.17) is 5.11 Å². The molecule has 106 valence electrons. The molecule has 0 aromatic heterocycles. The van der Waals surface area contributed by atoms with E-state index in [1.807, 2.05) is 6.92 Å². The second-order valence-electron chi connectivity index (χ2n) is 3.99. The Hall–Kier alpha value is -1.31. The summed E-state index contributed by atoms with van der Waals surface area (Å²) in [6.07, 6.45) is -0.726. The molecule has 6 nitrogen and oxygen atoms in total. The fourth-order valence-corrected chi connectivity index (χ4v) is 2.44. The van der Waals surface area contributed by atoms with Gasteiger partial charge in [-0.15, -0.1) is 0 Å². The normalized spacial score (nSPS) is 12.2. The first kappa shape index (κ1) is 15.7. The Morgan fingerprint density at radius 1 is 1.53 bits per heavy atom. The quantitative estimate of drug-likeness (QED) is 0.496. The number of nitrogens with zero attached hydrogens (tertiary/aromatic N) is 1. The number of aliphatic hydroxyl groups is 2. The molecule has 0 bridgehead atoms. The van der Waals surface area contributed by atoms with Gasteiger partial charge in [-0.1, -0.05) is 6.07 Å². The van der Waals surface area contributed by atoms with Gasteiger partial charge in [0, 0.05) is 24.1 Å². The number of rotatable bonds is 8. The number of benzene rings is 1. The molecule has 0 fully saturated rings. The second-order valence-corrected chi connectivity index (χ2v) is 5.02. The van der Waals surface area contributed by atoms with Crippen LogP contribution < -0.4 is 5.32 Å². The third-order valence-corrected chi connectivity index (χ3v) is 3.57. The highest BCUT2D eigenvalue weighted by Crippen LogP contribution is 2.27. The number of aliphatic hydroxyl groups excluding tert-OH is 2. The van der Waals surface area contributed by atoms with Crippen molar-refractivity contribution in [3.63, 3.8) is 0 Å². The minimum atomic E-state index is -0.726. The van der Waals surface area contributed by atoms with Crippen LogP contribution in [0.4, 0.5) is 11.4 Å². The largest absolute Gasteiger partial charge is 0.394 e. The van der Waals surface area contributed by atoms with Crippen LogP contribution >= 0.6 is 11.8 Å². The van der Waals surface area contributed by atoms with Crippen LogP contribution in [0.2, 0.25) is 0 Å². The van der Waals surface area contributed by atoms with Crippen LogP contribution in [0.25, 0.3) is 0 Å². The first-order valence-electron chi connectivity index (χ1n) is 5.96. The Labute approximate surface area is 116 Å². The summed E-state index contributed by atoms with van der Waals surface area (Å²) in [5, 5.41) is 31.7. The van der Waals surface area contributed by atoms with E-state index < -0.39 is 11.0 Å². The van der Waals surface area contributed by atoms with E-state index in [2.05, 4.69) is 5.32 Å². The predicted octanol–water partition coefficient (Wildman–Crippen LogP) is 1.61. The molecule has 0 saturated heterocycles. The average molecular weight is 286 g/mol. The van der Waals surface area contributed by atoms with E-state index in [1.165, 1.54) is 17.8 Å². The van der Waals surface area contributed by atoms with Crippen LogP contribution in [-0.4, -0.2) is 40.1 Å². The van der Waals surface area contributed by atoms with Crippen LogP contribution in [0.1, 0.15) is 12.5 Å². The van der Waals surface area contributed by atoms with Gasteiger partial charge in [0.1, 0.15) is 5.69 Å². The van der Waals surface area contributed by atoms with E-state index in [9.17, 15) is 15.2 Å². The van der Waals surface area contributed by atoms with E-state index in [-0.39, 0.29) is 12.3 Å². The first-order valence-corrected chi connectivity index (χ1v) is 7.11. The summed E-state index contributed by atoms with van der Waals surface area (Å²) >= 11 is 1.47. The highest BCUT2D eigenvalue weighted by molar-refractivity contribution is 7.98. The Morgan fingerprint density at radius 2 is 2.26 bits per heavy atom. The van der Waals surface area contributed by atoms with Crippen LogP contribution in [-0.2, 0) is 5.75 Å². The van der Waals surface area contributed by atoms with Gasteiger partial charge in [-0.2, -0.15) is 11.8 Å². The van der Waals surface area contributed by atoms with Crippen molar-refractivity contribution in [2.75, 3.05) is 24.2 Å². The monoisotopic (exact) mass is 286 g/mol. The topological polar surface area (TPSA) is 95.6 Å². The maximum atomic E-state index is 10.8. The van der Waals surface area contributed by atoms with Gasteiger partial charge in [-0.25, -0.2) is 0 Å². The third kappa shape index (κ3) is 5.06. The number of nitro groups is 1. The van der Waals surface area contributed by atoms with Crippen molar-refractivity contribution in [1.29, 1.82) is 0 Å². The molecule has 0 spiro atoms. The van der Waals surface area contributed by atoms with Gasteiger partial charge < -0.3 is 15.5 Å². The molecule has 0 saturated carbocycles. The van der Waals surface area contributed by atoms with Crippen molar-refractivity contribution < 1.29 is 15.1 Å². The van der Waals surface area contributed by atoms with Crippen LogP contribution in [0.3, 0.4) is 0 Å². The van der Waals surface area contributed by atoms with Crippen molar-refractivity contribution in [3.05, 3.63) is 33.9 Å². The van der Waals surface area contributed by atoms with Gasteiger partial charge in [0.15, 0.2) is 0 Å². The van der Waals surface area contributed by atoms with E-state index >= 15 is 0 Å². The molecule has 0 radical (unpaired) electrons. The van der Waals surface area contributed by atoms with Crippen molar-refractivity contribution >= 4 is 23.1 Å². The fourth-order valence-electron chi connectivity index (χ4n) is 1.53. The Kier molecular flexibility index (Phi) is 6.61. The van der Waals surface area contributed by atoms with Crippen molar-refractivity contribution in [3.8, 4) is 0 Å². The minimum absolute atomic E-state index is 0.0611. The molecule has 3 N–H and O–H groups in total. The molecule has 1 aromatic rings. The lowest BCUT2D eigenvalue weighted by atomic mass is 10.2. The van der Waals surface area contributed by atoms with Gasteiger partial charge in [-0.05, 0) is 18.6 Å². The number of nitrogens with one attached hydrogen (secondary N) is 1. The zero-order valence-corrected chi connectivity index (χ0v) is 11.5. The SMILES string of the molecule is CCNc1cc(CSCC(O)CO)ccc1[N+](=O)[O-]. The second kappa shape index (κ2) is 7.98. The fraction of sp³-hybridized carbons (Fsp3) is 0.500. The van der Waals surface area contributed by atoms with E-state index in [0.29, 0.717) is 23.7 Å². The predicted molar refractivity (Wildman–Crippen MR) is 76.5 cm³/mol. The van der Waals surface area contributed by atoms with E-state index in [0.717, 1.165) is 5.56 Å². The van der Waals surface area contributed by atoms with Gasteiger partial charge in [0.05, 0.1) is 17.6 Å². The van der Waals surface area contributed by atoms with E-state index in [1.54, 1.807) is 12.1 Å². The number of hydrogen-bond donors (Lipinski definition) is 3. The smallest absolute Gasteiger partial charge is 0.292 e. The molecule has 1 unspecified atom stereocenters. The molecular weight excluding hydrogens is 268 g/mol. The molecule has 1 atom stereocenters. The summed E-state index contributed by atoms with van der Waals surface area (Å²) in [5.74, 6) is 1.07. The zero-order chi connectivity index (χ0) is 14.3. The minimum Gasteiger partial charge on any atom is -0.394 e. The molecule has 0 aliphatic heterocycles. The zero-order valence-electron chi connectivity index (χ0n) is 10.7. The number of nitro benzene ring substituents is 1. The molecule has 0 aliphatic rings.